The van der Waals surface area contributed by atoms with Crippen LogP contribution in [0.4, 0.5) is 11.4 Å². The number of likely N-dealkylation sites (N-methyl/N-ethyl adjacent to an activating group) is 1. The number of amides is 1. The summed E-state index contributed by atoms with van der Waals surface area (Å²) in [5, 5.41) is 2.92. The molecule has 0 bridgehead atoms. The summed E-state index contributed by atoms with van der Waals surface area (Å²) in [5.74, 6) is 0.0261. The first kappa shape index (κ1) is 14.8. The van der Waals surface area contributed by atoms with Gasteiger partial charge in [-0.25, -0.2) is 0 Å². The van der Waals surface area contributed by atoms with Gasteiger partial charge in [0.15, 0.2) is 0 Å². The number of rotatable bonds is 4. The Morgan fingerprint density at radius 3 is 2.60 bits per heavy atom. The van der Waals surface area contributed by atoms with Gasteiger partial charge in [-0.2, -0.15) is 0 Å². The Morgan fingerprint density at radius 2 is 2.00 bits per heavy atom. The van der Waals surface area contributed by atoms with Crippen molar-refractivity contribution >= 4 is 17.3 Å². The van der Waals surface area contributed by atoms with Crippen molar-refractivity contribution in [1.29, 1.82) is 0 Å². The largest absolute Gasteiger partial charge is 0.398 e. The molecule has 20 heavy (non-hydrogen) atoms. The highest BCUT2D eigenvalue weighted by molar-refractivity contribution is 5.92. The fourth-order valence-electron chi connectivity index (χ4n) is 2.40. The SMILES string of the molecule is CCc1ccc(NC(=O)CN2CCN(C)CC2)cc1N. The third kappa shape index (κ3) is 3.95. The highest BCUT2D eigenvalue weighted by Gasteiger charge is 2.16. The number of nitrogens with two attached hydrogens (primary N) is 1. The van der Waals surface area contributed by atoms with E-state index in [-0.39, 0.29) is 5.91 Å². The van der Waals surface area contributed by atoms with E-state index in [1.54, 1.807) is 0 Å². The van der Waals surface area contributed by atoms with Crippen LogP contribution in [0.25, 0.3) is 0 Å². The second-order valence-corrected chi connectivity index (χ2v) is 5.39. The van der Waals surface area contributed by atoms with E-state index in [9.17, 15) is 4.79 Å². The van der Waals surface area contributed by atoms with Crippen LogP contribution in [-0.4, -0.2) is 55.5 Å². The van der Waals surface area contributed by atoms with Crippen LogP contribution in [0.3, 0.4) is 0 Å². The average molecular weight is 276 g/mol. The predicted molar refractivity (Wildman–Crippen MR) is 82.8 cm³/mol. The molecule has 1 aliphatic heterocycles. The molecule has 1 aromatic carbocycles. The molecule has 5 heteroatoms. The highest BCUT2D eigenvalue weighted by Crippen LogP contribution is 2.18. The van der Waals surface area contributed by atoms with Crippen LogP contribution >= 0.6 is 0 Å². The lowest BCUT2D eigenvalue weighted by Gasteiger charge is -2.31. The summed E-state index contributed by atoms with van der Waals surface area (Å²) in [7, 11) is 2.11. The molecule has 0 spiro atoms. The number of nitrogens with one attached hydrogen (secondary N) is 1. The molecule has 0 aromatic heterocycles. The number of hydrogen-bond donors (Lipinski definition) is 2. The fourth-order valence-corrected chi connectivity index (χ4v) is 2.40. The molecule has 0 aliphatic carbocycles. The number of piperazine rings is 1. The third-order valence-electron chi connectivity index (χ3n) is 3.77. The lowest BCUT2D eigenvalue weighted by Crippen LogP contribution is -2.47. The van der Waals surface area contributed by atoms with Crippen molar-refractivity contribution in [2.45, 2.75) is 13.3 Å². The molecule has 110 valence electrons. The molecule has 0 unspecified atom stereocenters. The first-order chi connectivity index (χ1) is 9.58. The lowest BCUT2D eigenvalue weighted by atomic mass is 10.1. The molecule has 3 N–H and O–H groups in total. The van der Waals surface area contributed by atoms with Gasteiger partial charge in [-0.1, -0.05) is 13.0 Å². The summed E-state index contributed by atoms with van der Waals surface area (Å²) in [6.45, 7) is 6.44. The van der Waals surface area contributed by atoms with Gasteiger partial charge in [-0.05, 0) is 31.2 Å². The zero-order chi connectivity index (χ0) is 14.5. The van der Waals surface area contributed by atoms with E-state index < -0.39 is 0 Å². The van der Waals surface area contributed by atoms with E-state index >= 15 is 0 Å². The predicted octanol–water partition coefficient (Wildman–Crippen LogP) is 1.02. The Morgan fingerprint density at radius 1 is 1.30 bits per heavy atom. The van der Waals surface area contributed by atoms with Crippen molar-refractivity contribution < 1.29 is 4.79 Å². The number of hydrogen-bond acceptors (Lipinski definition) is 4. The van der Waals surface area contributed by atoms with Gasteiger partial charge in [0.1, 0.15) is 0 Å². The number of nitrogen functional groups attached to an aromatic ring is 1. The van der Waals surface area contributed by atoms with Crippen LogP contribution in [-0.2, 0) is 11.2 Å². The van der Waals surface area contributed by atoms with Crippen LogP contribution in [0.5, 0.6) is 0 Å². The lowest BCUT2D eigenvalue weighted by molar-refractivity contribution is -0.117. The molecule has 1 aromatic rings. The van der Waals surface area contributed by atoms with Gasteiger partial charge in [0.2, 0.25) is 5.91 Å². The average Bonchev–Trinajstić information content (AvgIpc) is 2.41. The third-order valence-corrected chi connectivity index (χ3v) is 3.77. The first-order valence-electron chi connectivity index (χ1n) is 7.17. The van der Waals surface area contributed by atoms with Crippen molar-refractivity contribution in [1.82, 2.24) is 9.80 Å². The molecule has 1 amide bonds. The molecule has 0 atom stereocenters. The van der Waals surface area contributed by atoms with Gasteiger partial charge in [0.25, 0.3) is 0 Å². The van der Waals surface area contributed by atoms with Crippen molar-refractivity contribution in [2.24, 2.45) is 0 Å². The van der Waals surface area contributed by atoms with Crippen LogP contribution in [0.2, 0.25) is 0 Å². The fraction of sp³-hybridized carbons (Fsp3) is 0.533. The second kappa shape index (κ2) is 6.72. The summed E-state index contributed by atoms with van der Waals surface area (Å²) in [6, 6.07) is 5.72. The molecule has 5 nitrogen and oxygen atoms in total. The number of aryl methyl sites for hydroxylation is 1. The minimum absolute atomic E-state index is 0.0261. The molecule has 1 aliphatic rings. The summed E-state index contributed by atoms with van der Waals surface area (Å²) < 4.78 is 0. The number of carbonyl (C=O) groups is 1. The van der Waals surface area contributed by atoms with Gasteiger partial charge in [-0.3, -0.25) is 9.69 Å². The summed E-state index contributed by atoms with van der Waals surface area (Å²) in [4.78, 5) is 16.5. The number of benzene rings is 1. The number of nitrogens with zero attached hydrogens (tertiary/aromatic N) is 2. The Bertz CT molecular complexity index is 467. The van der Waals surface area contributed by atoms with Crippen molar-refractivity contribution in [2.75, 3.05) is 50.8 Å². The Kier molecular flexibility index (Phi) is 4.98. The monoisotopic (exact) mass is 276 g/mol. The van der Waals surface area contributed by atoms with Gasteiger partial charge in [0, 0.05) is 37.6 Å². The molecule has 2 rings (SSSR count). The van der Waals surface area contributed by atoms with E-state index in [2.05, 4.69) is 29.1 Å². The van der Waals surface area contributed by atoms with Gasteiger partial charge >= 0.3 is 0 Å². The maximum atomic E-state index is 12.0. The molecule has 1 fully saturated rings. The van der Waals surface area contributed by atoms with Crippen molar-refractivity contribution in [3.63, 3.8) is 0 Å². The van der Waals surface area contributed by atoms with E-state index in [0.29, 0.717) is 6.54 Å². The molecule has 0 radical (unpaired) electrons. The molecule has 1 saturated heterocycles. The van der Waals surface area contributed by atoms with Crippen molar-refractivity contribution in [3.05, 3.63) is 23.8 Å². The topological polar surface area (TPSA) is 61.6 Å². The zero-order valence-corrected chi connectivity index (χ0v) is 12.4. The van der Waals surface area contributed by atoms with Crippen molar-refractivity contribution in [3.8, 4) is 0 Å². The van der Waals surface area contributed by atoms with Crippen LogP contribution in [0.1, 0.15) is 12.5 Å². The minimum Gasteiger partial charge on any atom is -0.398 e. The van der Waals surface area contributed by atoms with E-state index in [0.717, 1.165) is 49.5 Å². The maximum absolute atomic E-state index is 12.0. The quantitative estimate of drug-likeness (QED) is 0.806. The normalized spacial score (nSPS) is 17.1. The van der Waals surface area contributed by atoms with E-state index in [1.807, 2.05) is 18.2 Å². The molecule has 1 heterocycles. The number of carbonyl (C=O) groups excluding carboxylic acids is 1. The second-order valence-electron chi connectivity index (χ2n) is 5.39. The first-order valence-corrected chi connectivity index (χ1v) is 7.17. The Hall–Kier alpha value is -1.59. The van der Waals surface area contributed by atoms with Crippen LogP contribution in [0, 0.1) is 0 Å². The smallest absolute Gasteiger partial charge is 0.238 e. The molecular weight excluding hydrogens is 252 g/mol. The van der Waals surface area contributed by atoms with Crippen LogP contribution in [0.15, 0.2) is 18.2 Å². The molecular formula is C15H24N4O. The molecule has 0 saturated carbocycles. The van der Waals surface area contributed by atoms with Gasteiger partial charge in [0.05, 0.1) is 6.54 Å². The standard InChI is InChI=1S/C15H24N4O/c1-3-12-4-5-13(10-14(12)16)17-15(20)11-19-8-6-18(2)7-9-19/h4-5,10H,3,6-9,11,16H2,1-2H3,(H,17,20). The summed E-state index contributed by atoms with van der Waals surface area (Å²) in [6.07, 6.45) is 0.904. The Labute approximate surface area is 120 Å². The van der Waals surface area contributed by atoms with E-state index in [1.165, 1.54) is 0 Å². The van der Waals surface area contributed by atoms with Crippen LogP contribution < -0.4 is 11.1 Å². The van der Waals surface area contributed by atoms with Gasteiger partial charge in [-0.15, -0.1) is 0 Å². The maximum Gasteiger partial charge on any atom is 0.238 e. The number of anilines is 2. The highest BCUT2D eigenvalue weighted by atomic mass is 16.2. The Balaban J connectivity index is 1.86. The zero-order valence-electron chi connectivity index (χ0n) is 12.4. The van der Waals surface area contributed by atoms with Gasteiger partial charge < -0.3 is 16.0 Å². The summed E-state index contributed by atoms with van der Waals surface area (Å²) >= 11 is 0. The minimum atomic E-state index is 0.0261. The van der Waals surface area contributed by atoms with E-state index in [4.69, 9.17) is 5.73 Å². The summed E-state index contributed by atoms with van der Waals surface area (Å²) in [5.41, 5.74) is 8.57.